The molecular formula is C17H20N2O4. The molecule has 2 aromatic carbocycles. The number of ether oxygens (including phenoxy) is 3. The Morgan fingerprint density at radius 3 is 2.17 bits per heavy atom. The van der Waals surface area contributed by atoms with E-state index in [-0.39, 0.29) is 5.91 Å². The van der Waals surface area contributed by atoms with Crippen LogP contribution in [0.25, 0.3) is 0 Å². The van der Waals surface area contributed by atoms with Crippen LogP contribution in [0.1, 0.15) is 15.9 Å². The second-order valence-corrected chi connectivity index (χ2v) is 4.89. The summed E-state index contributed by atoms with van der Waals surface area (Å²) in [6, 6.07) is 8.55. The number of benzene rings is 2. The molecule has 0 unspecified atom stereocenters. The summed E-state index contributed by atoms with van der Waals surface area (Å²) >= 11 is 0. The van der Waals surface area contributed by atoms with Crippen LogP contribution in [0.2, 0.25) is 0 Å². The Morgan fingerprint density at radius 2 is 1.65 bits per heavy atom. The first kappa shape index (κ1) is 16.5. The standard InChI is InChI=1S/C17H20N2O4/c1-10-12(6-5-7-13(10)18)17(20)19-11-8-14(21-2)16(23-4)15(9-11)22-3/h5-9H,18H2,1-4H3,(H,19,20). The lowest BCUT2D eigenvalue weighted by molar-refractivity contribution is 0.102. The lowest BCUT2D eigenvalue weighted by Gasteiger charge is -2.15. The fraction of sp³-hybridized carbons (Fsp3) is 0.235. The lowest BCUT2D eigenvalue weighted by atomic mass is 10.1. The summed E-state index contributed by atoms with van der Waals surface area (Å²) in [5, 5.41) is 2.82. The molecule has 2 rings (SSSR count). The molecule has 0 aliphatic rings. The Morgan fingerprint density at radius 1 is 1.04 bits per heavy atom. The van der Waals surface area contributed by atoms with Gasteiger partial charge < -0.3 is 25.3 Å². The van der Waals surface area contributed by atoms with E-state index in [4.69, 9.17) is 19.9 Å². The maximum absolute atomic E-state index is 12.5. The van der Waals surface area contributed by atoms with E-state index in [9.17, 15) is 4.79 Å². The van der Waals surface area contributed by atoms with Crippen molar-refractivity contribution >= 4 is 17.3 Å². The van der Waals surface area contributed by atoms with Gasteiger partial charge in [-0.1, -0.05) is 6.07 Å². The van der Waals surface area contributed by atoms with Crippen molar-refractivity contribution in [2.75, 3.05) is 32.4 Å². The second kappa shape index (κ2) is 6.91. The number of nitrogens with two attached hydrogens (primary N) is 1. The molecule has 6 nitrogen and oxygen atoms in total. The van der Waals surface area contributed by atoms with E-state index in [1.807, 2.05) is 0 Å². The van der Waals surface area contributed by atoms with Gasteiger partial charge in [-0.05, 0) is 24.6 Å². The summed E-state index contributed by atoms with van der Waals surface area (Å²) in [5.41, 5.74) is 8.20. The molecule has 6 heteroatoms. The third kappa shape index (κ3) is 3.31. The van der Waals surface area contributed by atoms with Crippen LogP contribution in [-0.2, 0) is 0 Å². The predicted octanol–water partition coefficient (Wildman–Crippen LogP) is 2.86. The van der Waals surface area contributed by atoms with E-state index in [2.05, 4.69) is 5.32 Å². The van der Waals surface area contributed by atoms with E-state index in [0.717, 1.165) is 5.56 Å². The predicted molar refractivity (Wildman–Crippen MR) is 89.6 cm³/mol. The van der Waals surface area contributed by atoms with Gasteiger partial charge in [-0.3, -0.25) is 4.79 Å². The molecule has 0 saturated carbocycles. The largest absolute Gasteiger partial charge is 0.493 e. The number of anilines is 2. The molecule has 0 atom stereocenters. The van der Waals surface area contributed by atoms with Crippen LogP contribution in [0.5, 0.6) is 17.2 Å². The molecule has 0 spiro atoms. The van der Waals surface area contributed by atoms with Crippen molar-refractivity contribution in [3.05, 3.63) is 41.5 Å². The topological polar surface area (TPSA) is 82.8 Å². The number of hydrogen-bond donors (Lipinski definition) is 2. The van der Waals surface area contributed by atoms with E-state index in [0.29, 0.717) is 34.2 Å². The van der Waals surface area contributed by atoms with Crippen LogP contribution in [0.3, 0.4) is 0 Å². The highest BCUT2D eigenvalue weighted by Gasteiger charge is 2.16. The molecule has 122 valence electrons. The van der Waals surface area contributed by atoms with Crippen molar-refractivity contribution in [2.45, 2.75) is 6.92 Å². The Kier molecular flexibility index (Phi) is 4.95. The quantitative estimate of drug-likeness (QED) is 0.829. The Hall–Kier alpha value is -2.89. The summed E-state index contributed by atoms with van der Waals surface area (Å²) < 4.78 is 15.8. The maximum Gasteiger partial charge on any atom is 0.256 e. The van der Waals surface area contributed by atoms with Gasteiger partial charge in [0.05, 0.1) is 21.3 Å². The Balaban J connectivity index is 2.36. The first-order valence-corrected chi connectivity index (χ1v) is 6.98. The summed E-state index contributed by atoms with van der Waals surface area (Å²) in [6.45, 7) is 1.80. The van der Waals surface area contributed by atoms with Gasteiger partial charge in [0, 0.05) is 29.1 Å². The van der Waals surface area contributed by atoms with E-state index < -0.39 is 0 Å². The minimum absolute atomic E-state index is 0.260. The second-order valence-electron chi connectivity index (χ2n) is 4.89. The highest BCUT2D eigenvalue weighted by Crippen LogP contribution is 2.40. The van der Waals surface area contributed by atoms with Gasteiger partial charge >= 0.3 is 0 Å². The summed E-state index contributed by atoms with van der Waals surface area (Å²) in [6.07, 6.45) is 0. The molecular weight excluding hydrogens is 296 g/mol. The number of nitrogens with one attached hydrogen (secondary N) is 1. The number of hydrogen-bond acceptors (Lipinski definition) is 5. The fourth-order valence-electron chi connectivity index (χ4n) is 2.25. The molecule has 0 heterocycles. The van der Waals surface area contributed by atoms with Crippen LogP contribution < -0.4 is 25.3 Å². The van der Waals surface area contributed by atoms with Crippen LogP contribution in [0, 0.1) is 6.92 Å². The van der Waals surface area contributed by atoms with Crippen molar-refractivity contribution in [3.8, 4) is 17.2 Å². The zero-order chi connectivity index (χ0) is 17.0. The normalized spacial score (nSPS) is 10.1. The average molecular weight is 316 g/mol. The molecule has 2 aromatic rings. The number of rotatable bonds is 5. The molecule has 0 bridgehead atoms. The zero-order valence-corrected chi connectivity index (χ0v) is 13.6. The molecule has 0 aliphatic carbocycles. The van der Waals surface area contributed by atoms with Crippen molar-refractivity contribution in [1.82, 2.24) is 0 Å². The molecule has 23 heavy (non-hydrogen) atoms. The minimum Gasteiger partial charge on any atom is -0.493 e. The van der Waals surface area contributed by atoms with Crippen LogP contribution in [0.4, 0.5) is 11.4 Å². The zero-order valence-electron chi connectivity index (χ0n) is 13.6. The SMILES string of the molecule is COc1cc(NC(=O)c2cccc(N)c2C)cc(OC)c1OC. The van der Waals surface area contributed by atoms with Gasteiger partial charge in [-0.25, -0.2) is 0 Å². The molecule has 3 N–H and O–H groups in total. The molecule has 0 radical (unpaired) electrons. The molecule has 0 aliphatic heterocycles. The van der Waals surface area contributed by atoms with Crippen LogP contribution in [0.15, 0.2) is 30.3 Å². The molecule has 0 aromatic heterocycles. The third-order valence-corrected chi connectivity index (χ3v) is 3.54. The van der Waals surface area contributed by atoms with Gasteiger partial charge in [0.2, 0.25) is 5.75 Å². The summed E-state index contributed by atoms with van der Waals surface area (Å²) in [7, 11) is 4.56. The van der Waals surface area contributed by atoms with E-state index in [1.165, 1.54) is 21.3 Å². The van der Waals surface area contributed by atoms with Gasteiger partial charge in [0.25, 0.3) is 5.91 Å². The fourth-order valence-corrected chi connectivity index (χ4v) is 2.25. The highest BCUT2D eigenvalue weighted by molar-refractivity contribution is 6.06. The van der Waals surface area contributed by atoms with Gasteiger partial charge in [0.15, 0.2) is 11.5 Å². The summed E-state index contributed by atoms with van der Waals surface area (Å²) in [5.74, 6) is 1.13. The Labute approximate surface area is 135 Å². The smallest absolute Gasteiger partial charge is 0.256 e. The Bertz CT molecular complexity index is 704. The molecule has 0 fully saturated rings. The first-order chi connectivity index (χ1) is 11.0. The van der Waals surface area contributed by atoms with E-state index >= 15 is 0 Å². The van der Waals surface area contributed by atoms with Crippen molar-refractivity contribution in [2.24, 2.45) is 0 Å². The monoisotopic (exact) mass is 316 g/mol. The molecule has 1 amide bonds. The van der Waals surface area contributed by atoms with Crippen molar-refractivity contribution in [1.29, 1.82) is 0 Å². The minimum atomic E-state index is -0.260. The van der Waals surface area contributed by atoms with Crippen LogP contribution in [-0.4, -0.2) is 27.2 Å². The highest BCUT2D eigenvalue weighted by atomic mass is 16.5. The van der Waals surface area contributed by atoms with Crippen LogP contribution >= 0.6 is 0 Å². The summed E-state index contributed by atoms with van der Waals surface area (Å²) in [4.78, 5) is 12.5. The lowest BCUT2D eigenvalue weighted by Crippen LogP contribution is -2.14. The van der Waals surface area contributed by atoms with Gasteiger partial charge in [-0.15, -0.1) is 0 Å². The maximum atomic E-state index is 12.5. The number of nitrogen functional groups attached to an aromatic ring is 1. The van der Waals surface area contributed by atoms with Gasteiger partial charge in [0.1, 0.15) is 0 Å². The number of methoxy groups -OCH3 is 3. The van der Waals surface area contributed by atoms with Crippen molar-refractivity contribution < 1.29 is 19.0 Å². The van der Waals surface area contributed by atoms with Crippen molar-refractivity contribution in [3.63, 3.8) is 0 Å². The number of carbonyl (C=O) groups excluding carboxylic acids is 1. The average Bonchev–Trinajstić information content (AvgIpc) is 2.56. The van der Waals surface area contributed by atoms with E-state index in [1.54, 1.807) is 37.3 Å². The van der Waals surface area contributed by atoms with Gasteiger partial charge in [-0.2, -0.15) is 0 Å². The third-order valence-electron chi connectivity index (χ3n) is 3.54. The number of carbonyl (C=O) groups is 1. The number of amides is 1. The molecule has 0 saturated heterocycles. The first-order valence-electron chi connectivity index (χ1n) is 6.98.